The van der Waals surface area contributed by atoms with Crippen molar-refractivity contribution in [3.8, 4) is 0 Å². The fraction of sp³-hybridized carbons (Fsp3) is 0.222. The van der Waals surface area contributed by atoms with Crippen molar-refractivity contribution >= 4 is 11.9 Å². The third-order valence-corrected chi connectivity index (χ3v) is 3.59. The first kappa shape index (κ1) is 14.3. The Kier molecular flexibility index (Phi) is 3.67. The molecule has 1 heterocycles. The van der Waals surface area contributed by atoms with Crippen LogP contribution in [0, 0.1) is 13.8 Å². The van der Waals surface area contributed by atoms with Crippen LogP contribution in [0.3, 0.4) is 0 Å². The Morgan fingerprint density at radius 3 is 1.50 bits per heavy atom. The molecule has 0 aliphatic carbocycles. The molecule has 0 radical (unpaired) electrons. The molecule has 0 aromatic heterocycles. The van der Waals surface area contributed by atoms with E-state index in [4.69, 9.17) is 9.47 Å². The highest BCUT2D eigenvalue weighted by Gasteiger charge is 2.40. The van der Waals surface area contributed by atoms with E-state index in [1.807, 2.05) is 50.2 Å². The first-order valence-corrected chi connectivity index (χ1v) is 7.09. The summed E-state index contributed by atoms with van der Waals surface area (Å²) in [5, 5.41) is 0. The number of benzene rings is 2. The maximum atomic E-state index is 12.2. The molecule has 2 aromatic carbocycles. The van der Waals surface area contributed by atoms with Gasteiger partial charge in [-0.15, -0.1) is 0 Å². The smallest absolute Gasteiger partial charge is 0.353 e. The third-order valence-electron chi connectivity index (χ3n) is 3.59. The van der Waals surface area contributed by atoms with Crippen molar-refractivity contribution in [2.24, 2.45) is 0 Å². The van der Waals surface area contributed by atoms with E-state index in [1.165, 1.54) is 0 Å². The summed E-state index contributed by atoms with van der Waals surface area (Å²) in [6.45, 7) is 3.82. The number of cyclic esters (lactones) is 2. The average Bonchev–Trinajstić information content (AvgIpc) is 2.49. The summed E-state index contributed by atoms with van der Waals surface area (Å²) in [5.74, 6) is -1.09. The topological polar surface area (TPSA) is 52.6 Å². The Labute approximate surface area is 128 Å². The molecular formula is C18H16O4. The van der Waals surface area contributed by atoms with Gasteiger partial charge in [-0.3, -0.25) is 0 Å². The van der Waals surface area contributed by atoms with Crippen LogP contribution in [0.1, 0.15) is 34.5 Å². The Morgan fingerprint density at radius 2 is 1.14 bits per heavy atom. The van der Waals surface area contributed by atoms with Gasteiger partial charge in [0.25, 0.3) is 0 Å². The number of rotatable bonds is 2. The van der Waals surface area contributed by atoms with E-state index < -0.39 is 24.1 Å². The van der Waals surface area contributed by atoms with Crippen LogP contribution in [-0.4, -0.2) is 11.9 Å². The van der Waals surface area contributed by atoms with Gasteiger partial charge in [-0.05, 0) is 13.8 Å². The summed E-state index contributed by atoms with van der Waals surface area (Å²) in [5.41, 5.74) is 3.23. The quantitative estimate of drug-likeness (QED) is 0.799. The lowest BCUT2D eigenvalue weighted by Crippen LogP contribution is -2.34. The van der Waals surface area contributed by atoms with Crippen molar-refractivity contribution in [3.05, 3.63) is 70.8 Å². The number of carbonyl (C=O) groups excluding carboxylic acids is 2. The number of ether oxygens (including phenoxy) is 2. The second kappa shape index (κ2) is 5.64. The number of esters is 2. The molecule has 2 aromatic rings. The average molecular weight is 296 g/mol. The van der Waals surface area contributed by atoms with Gasteiger partial charge in [-0.1, -0.05) is 59.7 Å². The fourth-order valence-corrected chi connectivity index (χ4v) is 2.53. The van der Waals surface area contributed by atoms with Gasteiger partial charge in [0.15, 0.2) is 0 Å². The highest BCUT2D eigenvalue weighted by atomic mass is 16.6. The molecule has 4 heteroatoms. The largest absolute Gasteiger partial charge is 0.442 e. The van der Waals surface area contributed by atoms with Crippen molar-refractivity contribution in [2.75, 3.05) is 0 Å². The van der Waals surface area contributed by atoms with Crippen molar-refractivity contribution in [2.45, 2.75) is 26.1 Å². The lowest BCUT2D eigenvalue weighted by Gasteiger charge is -2.28. The molecule has 1 saturated heterocycles. The van der Waals surface area contributed by atoms with Crippen LogP contribution >= 0.6 is 0 Å². The predicted octanol–water partition coefficient (Wildman–Crippen LogP) is 3.19. The maximum Gasteiger partial charge on any atom is 0.353 e. The van der Waals surface area contributed by atoms with Crippen LogP contribution < -0.4 is 0 Å². The lowest BCUT2D eigenvalue weighted by atomic mass is 10.0. The standard InChI is InChI=1S/C18H16O4/c1-11-5-3-7-13(9-11)15-17(19)22-16(18(20)21-15)14-8-4-6-12(2)10-14/h3-10,15-16H,1-2H3. The van der Waals surface area contributed by atoms with Gasteiger partial charge in [0, 0.05) is 11.1 Å². The van der Waals surface area contributed by atoms with Gasteiger partial charge in [-0.2, -0.15) is 0 Å². The minimum Gasteiger partial charge on any atom is -0.442 e. The number of hydrogen-bond donors (Lipinski definition) is 0. The summed E-state index contributed by atoms with van der Waals surface area (Å²) in [6.07, 6.45) is -1.98. The molecule has 112 valence electrons. The van der Waals surface area contributed by atoms with Gasteiger partial charge in [0.2, 0.25) is 12.2 Å². The molecule has 3 rings (SSSR count). The first-order chi connectivity index (χ1) is 10.5. The molecule has 0 amide bonds. The Bertz CT molecular complexity index is 672. The predicted molar refractivity (Wildman–Crippen MR) is 80.0 cm³/mol. The Balaban J connectivity index is 1.86. The van der Waals surface area contributed by atoms with Crippen molar-refractivity contribution in [3.63, 3.8) is 0 Å². The maximum absolute atomic E-state index is 12.2. The number of aryl methyl sites for hydroxylation is 2. The van der Waals surface area contributed by atoms with Crippen LogP contribution in [0.4, 0.5) is 0 Å². The molecule has 4 nitrogen and oxygen atoms in total. The third kappa shape index (κ3) is 2.72. The monoisotopic (exact) mass is 296 g/mol. The SMILES string of the molecule is Cc1cccc(C2OC(=O)C(c3cccc(C)c3)OC2=O)c1. The Hall–Kier alpha value is -2.62. The zero-order chi connectivity index (χ0) is 15.7. The van der Waals surface area contributed by atoms with Crippen molar-refractivity contribution in [1.82, 2.24) is 0 Å². The van der Waals surface area contributed by atoms with Crippen LogP contribution in [0.25, 0.3) is 0 Å². The summed E-state index contributed by atoms with van der Waals surface area (Å²) in [6, 6.07) is 14.6. The minimum absolute atomic E-state index is 0.545. The molecule has 0 bridgehead atoms. The molecule has 22 heavy (non-hydrogen) atoms. The molecule has 2 atom stereocenters. The van der Waals surface area contributed by atoms with Gasteiger partial charge >= 0.3 is 11.9 Å². The van der Waals surface area contributed by atoms with E-state index in [0.29, 0.717) is 11.1 Å². The zero-order valence-corrected chi connectivity index (χ0v) is 12.4. The number of hydrogen-bond acceptors (Lipinski definition) is 4. The zero-order valence-electron chi connectivity index (χ0n) is 12.4. The summed E-state index contributed by atoms with van der Waals surface area (Å²) >= 11 is 0. The van der Waals surface area contributed by atoms with E-state index in [9.17, 15) is 9.59 Å². The van der Waals surface area contributed by atoms with E-state index >= 15 is 0 Å². The van der Waals surface area contributed by atoms with Crippen molar-refractivity contribution in [1.29, 1.82) is 0 Å². The molecular weight excluding hydrogens is 280 g/mol. The normalized spacial score (nSPS) is 21.2. The van der Waals surface area contributed by atoms with E-state index in [-0.39, 0.29) is 0 Å². The molecule has 0 N–H and O–H groups in total. The van der Waals surface area contributed by atoms with E-state index in [0.717, 1.165) is 11.1 Å². The van der Waals surface area contributed by atoms with Crippen LogP contribution in [0.5, 0.6) is 0 Å². The van der Waals surface area contributed by atoms with Gasteiger partial charge < -0.3 is 9.47 Å². The molecule has 1 fully saturated rings. The minimum atomic E-state index is -0.992. The van der Waals surface area contributed by atoms with Gasteiger partial charge in [0.1, 0.15) is 0 Å². The molecule has 0 spiro atoms. The van der Waals surface area contributed by atoms with E-state index in [2.05, 4.69) is 0 Å². The second-order valence-electron chi connectivity index (χ2n) is 5.46. The summed E-state index contributed by atoms with van der Waals surface area (Å²) in [4.78, 5) is 24.4. The highest BCUT2D eigenvalue weighted by Crippen LogP contribution is 2.32. The van der Waals surface area contributed by atoms with Gasteiger partial charge in [-0.25, -0.2) is 9.59 Å². The van der Waals surface area contributed by atoms with E-state index in [1.54, 1.807) is 12.1 Å². The molecule has 1 aliphatic rings. The summed E-state index contributed by atoms with van der Waals surface area (Å²) in [7, 11) is 0. The lowest BCUT2D eigenvalue weighted by molar-refractivity contribution is -0.196. The van der Waals surface area contributed by atoms with Crippen LogP contribution in [0.2, 0.25) is 0 Å². The van der Waals surface area contributed by atoms with Crippen LogP contribution in [0.15, 0.2) is 48.5 Å². The van der Waals surface area contributed by atoms with Gasteiger partial charge in [0.05, 0.1) is 0 Å². The molecule has 0 saturated carbocycles. The first-order valence-electron chi connectivity index (χ1n) is 7.09. The Morgan fingerprint density at radius 1 is 0.727 bits per heavy atom. The second-order valence-corrected chi connectivity index (χ2v) is 5.46. The fourth-order valence-electron chi connectivity index (χ4n) is 2.53. The highest BCUT2D eigenvalue weighted by molar-refractivity contribution is 5.89. The van der Waals surface area contributed by atoms with Crippen LogP contribution in [-0.2, 0) is 19.1 Å². The van der Waals surface area contributed by atoms with Crippen molar-refractivity contribution < 1.29 is 19.1 Å². The summed E-state index contributed by atoms with van der Waals surface area (Å²) < 4.78 is 10.7. The molecule has 2 unspecified atom stereocenters. The molecule has 1 aliphatic heterocycles. The number of carbonyl (C=O) groups is 2.